The molecule has 4 rings (SSSR count). The molecule has 0 amide bonds. The number of nitrogens with zero attached hydrogens (tertiary/aromatic N) is 2. The summed E-state index contributed by atoms with van der Waals surface area (Å²) in [5.41, 5.74) is 3.70. The molecule has 4 aromatic rings. The van der Waals surface area contributed by atoms with E-state index in [4.69, 9.17) is 30.5 Å². The molecule has 0 fully saturated rings. The van der Waals surface area contributed by atoms with Crippen LogP contribution in [0.15, 0.2) is 54.6 Å². The van der Waals surface area contributed by atoms with Crippen molar-refractivity contribution in [3.8, 4) is 28.4 Å². The van der Waals surface area contributed by atoms with Gasteiger partial charge in [-0.25, -0.2) is 0 Å². The van der Waals surface area contributed by atoms with Crippen molar-refractivity contribution in [3.63, 3.8) is 0 Å². The van der Waals surface area contributed by atoms with Crippen molar-refractivity contribution in [2.75, 3.05) is 39.9 Å². The predicted molar refractivity (Wildman–Crippen MR) is 139 cm³/mol. The Morgan fingerprint density at radius 2 is 1.69 bits per heavy atom. The maximum atomic E-state index is 6.32. The van der Waals surface area contributed by atoms with Gasteiger partial charge < -0.3 is 24.3 Å². The van der Waals surface area contributed by atoms with Gasteiger partial charge in [0.15, 0.2) is 5.82 Å². The molecule has 8 heteroatoms. The molecule has 1 heterocycles. The first-order valence-electron chi connectivity index (χ1n) is 11.2. The predicted octanol–water partition coefficient (Wildman–Crippen LogP) is 5.91. The SMILES string of the molecule is COCCOc1ccc(Cl)cc1-c1ccc2c(NCc3ccc(OC)cc3OC)nnc(C)c2c1. The number of aromatic nitrogens is 2. The molecular formula is C27H28ClN3O4. The van der Waals surface area contributed by atoms with Crippen LogP contribution in [0, 0.1) is 6.92 Å². The molecule has 0 bridgehead atoms. The zero-order valence-corrected chi connectivity index (χ0v) is 21.0. The lowest BCUT2D eigenvalue weighted by Gasteiger charge is -2.15. The Morgan fingerprint density at radius 3 is 2.46 bits per heavy atom. The number of rotatable bonds is 10. The summed E-state index contributed by atoms with van der Waals surface area (Å²) in [6, 6.07) is 17.5. The number of hydrogen-bond donors (Lipinski definition) is 1. The summed E-state index contributed by atoms with van der Waals surface area (Å²) >= 11 is 6.32. The first-order chi connectivity index (χ1) is 17.0. The first kappa shape index (κ1) is 24.6. The van der Waals surface area contributed by atoms with E-state index < -0.39 is 0 Å². The molecule has 0 aliphatic carbocycles. The van der Waals surface area contributed by atoms with Crippen molar-refractivity contribution in [1.82, 2.24) is 10.2 Å². The van der Waals surface area contributed by atoms with E-state index in [1.807, 2.05) is 55.5 Å². The highest BCUT2D eigenvalue weighted by molar-refractivity contribution is 6.31. The maximum Gasteiger partial charge on any atom is 0.156 e. The molecule has 3 aromatic carbocycles. The van der Waals surface area contributed by atoms with Crippen molar-refractivity contribution >= 4 is 28.2 Å². The van der Waals surface area contributed by atoms with E-state index >= 15 is 0 Å². The minimum absolute atomic E-state index is 0.451. The Labute approximate surface area is 209 Å². The van der Waals surface area contributed by atoms with E-state index in [0.717, 1.165) is 50.4 Å². The second-order valence-electron chi connectivity index (χ2n) is 7.91. The normalized spacial score (nSPS) is 10.9. The van der Waals surface area contributed by atoms with Gasteiger partial charge in [0.1, 0.15) is 23.9 Å². The maximum absolute atomic E-state index is 6.32. The van der Waals surface area contributed by atoms with E-state index in [0.29, 0.717) is 30.6 Å². The van der Waals surface area contributed by atoms with Gasteiger partial charge in [0, 0.05) is 46.6 Å². The van der Waals surface area contributed by atoms with Crippen LogP contribution in [0.5, 0.6) is 17.2 Å². The third-order valence-corrected chi connectivity index (χ3v) is 5.94. The third kappa shape index (κ3) is 5.58. The highest BCUT2D eigenvalue weighted by Gasteiger charge is 2.13. The third-order valence-electron chi connectivity index (χ3n) is 5.70. The number of aryl methyl sites for hydroxylation is 1. The van der Waals surface area contributed by atoms with Gasteiger partial charge in [-0.2, -0.15) is 5.10 Å². The highest BCUT2D eigenvalue weighted by atomic mass is 35.5. The van der Waals surface area contributed by atoms with Crippen LogP contribution >= 0.6 is 11.6 Å². The molecule has 0 atom stereocenters. The van der Waals surface area contributed by atoms with Crippen molar-refractivity contribution in [3.05, 3.63) is 70.9 Å². The molecule has 0 aliphatic heterocycles. The summed E-state index contributed by atoms with van der Waals surface area (Å²) in [5.74, 6) is 2.92. The average Bonchev–Trinajstić information content (AvgIpc) is 2.89. The Balaban J connectivity index is 1.66. The zero-order valence-electron chi connectivity index (χ0n) is 20.2. The van der Waals surface area contributed by atoms with Gasteiger partial charge in [0.2, 0.25) is 0 Å². The number of fused-ring (bicyclic) bond motifs is 1. The van der Waals surface area contributed by atoms with Crippen molar-refractivity contribution in [2.45, 2.75) is 13.5 Å². The van der Waals surface area contributed by atoms with Gasteiger partial charge in [-0.3, -0.25) is 0 Å². The van der Waals surface area contributed by atoms with Crippen LogP contribution < -0.4 is 19.5 Å². The quantitative estimate of drug-likeness (QED) is 0.275. The summed E-state index contributed by atoms with van der Waals surface area (Å²) in [4.78, 5) is 0. The number of ether oxygens (including phenoxy) is 4. The summed E-state index contributed by atoms with van der Waals surface area (Å²) < 4.78 is 21.9. The van der Waals surface area contributed by atoms with Crippen LogP contribution in [0.1, 0.15) is 11.3 Å². The van der Waals surface area contributed by atoms with Gasteiger partial charge in [0.25, 0.3) is 0 Å². The van der Waals surface area contributed by atoms with Crippen LogP contribution in [0.25, 0.3) is 21.9 Å². The number of hydrogen-bond acceptors (Lipinski definition) is 7. The van der Waals surface area contributed by atoms with E-state index in [2.05, 4.69) is 21.6 Å². The Bertz CT molecular complexity index is 1330. The Morgan fingerprint density at radius 1 is 0.829 bits per heavy atom. The smallest absolute Gasteiger partial charge is 0.156 e. The molecule has 35 heavy (non-hydrogen) atoms. The molecular weight excluding hydrogens is 466 g/mol. The second kappa shape index (κ2) is 11.3. The largest absolute Gasteiger partial charge is 0.497 e. The summed E-state index contributed by atoms with van der Waals surface area (Å²) in [7, 11) is 4.92. The van der Waals surface area contributed by atoms with E-state index in [1.165, 1.54) is 0 Å². The Kier molecular flexibility index (Phi) is 7.90. The molecule has 1 aromatic heterocycles. The number of anilines is 1. The zero-order chi connectivity index (χ0) is 24.8. The van der Waals surface area contributed by atoms with Gasteiger partial charge in [-0.05, 0) is 55.0 Å². The fourth-order valence-corrected chi connectivity index (χ4v) is 4.02. The molecule has 0 spiro atoms. The monoisotopic (exact) mass is 493 g/mol. The standard InChI is InChI=1S/C27H28ClN3O4/c1-17-23-13-18(24-14-20(28)7-10-25(24)35-12-11-32-2)6-9-22(23)27(31-30-17)29-16-19-5-8-21(33-3)15-26(19)34-4/h5-10,13-15H,11-12,16H2,1-4H3,(H,29,31). The van der Waals surface area contributed by atoms with E-state index in [-0.39, 0.29) is 0 Å². The van der Waals surface area contributed by atoms with Gasteiger partial charge >= 0.3 is 0 Å². The minimum Gasteiger partial charge on any atom is -0.497 e. The number of nitrogens with one attached hydrogen (secondary N) is 1. The number of benzene rings is 3. The minimum atomic E-state index is 0.451. The lowest BCUT2D eigenvalue weighted by atomic mass is 10.00. The lowest BCUT2D eigenvalue weighted by molar-refractivity contribution is 0.146. The molecule has 182 valence electrons. The van der Waals surface area contributed by atoms with E-state index in [9.17, 15) is 0 Å². The molecule has 0 radical (unpaired) electrons. The summed E-state index contributed by atoms with van der Waals surface area (Å²) in [6.45, 7) is 3.42. The highest BCUT2D eigenvalue weighted by Crippen LogP contribution is 2.36. The van der Waals surface area contributed by atoms with Crippen LogP contribution in [0.4, 0.5) is 5.82 Å². The van der Waals surface area contributed by atoms with Gasteiger partial charge in [-0.15, -0.1) is 5.10 Å². The van der Waals surface area contributed by atoms with Crippen LogP contribution in [-0.4, -0.2) is 44.7 Å². The molecule has 0 aliphatic rings. The lowest BCUT2D eigenvalue weighted by Crippen LogP contribution is -2.06. The molecule has 7 nitrogen and oxygen atoms in total. The van der Waals surface area contributed by atoms with Crippen molar-refractivity contribution < 1.29 is 18.9 Å². The Hall–Kier alpha value is -3.55. The number of halogens is 1. The van der Waals surface area contributed by atoms with Crippen LogP contribution in [-0.2, 0) is 11.3 Å². The molecule has 1 N–H and O–H groups in total. The fourth-order valence-electron chi connectivity index (χ4n) is 3.85. The summed E-state index contributed by atoms with van der Waals surface area (Å²) in [6.07, 6.45) is 0. The van der Waals surface area contributed by atoms with Crippen LogP contribution in [0.3, 0.4) is 0 Å². The second-order valence-corrected chi connectivity index (χ2v) is 8.34. The molecule has 0 saturated carbocycles. The van der Waals surface area contributed by atoms with E-state index in [1.54, 1.807) is 21.3 Å². The van der Waals surface area contributed by atoms with Gasteiger partial charge in [0.05, 0.1) is 26.5 Å². The van der Waals surface area contributed by atoms with Crippen molar-refractivity contribution in [2.24, 2.45) is 0 Å². The molecule has 0 saturated heterocycles. The van der Waals surface area contributed by atoms with Crippen molar-refractivity contribution in [1.29, 1.82) is 0 Å². The average molecular weight is 494 g/mol. The topological polar surface area (TPSA) is 74.7 Å². The van der Waals surface area contributed by atoms with Gasteiger partial charge in [-0.1, -0.05) is 17.7 Å². The summed E-state index contributed by atoms with van der Waals surface area (Å²) in [5, 5.41) is 14.8. The van der Waals surface area contributed by atoms with Crippen LogP contribution in [0.2, 0.25) is 5.02 Å². The fraction of sp³-hybridized carbons (Fsp3) is 0.259. The first-order valence-corrected chi connectivity index (χ1v) is 11.5. The number of methoxy groups -OCH3 is 3. The molecule has 0 unspecified atom stereocenters.